The number of hydrogen-bond acceptors (Lipinski definition) is 4. The number of nitrogens with one attached hydrogen (secondary N) is 1. The van der Waals surface area contributed by atoms with E-state index in [9.17, 15) is 4.79 Å². The second-order valence-corrected chi connectivity index (χ2v) is 5.11. The Morgan fingerprint density at radius 1 is 1.53 bits per heavy atom. The van der Waals surface area contributed by atoms with Crippen LogP contribution in [0.5, 0.6) is 0 Å². The molecular weight excluding hydrogens is 240 g/mol. The molecule has 0 radical (unpaired) electrons. The van der Waals surface area contributed by atoms with Gasteiger partial charge < -0.3 is 15.0 Å². The molecule has 0 bridgehead atoms. The molecule has 1 aromatic carbocycles. The van der Waals surface area contributed by atoms with Crippen molar-refractivity contribution in [2.24, 2.45) is 0 Å². The second kappa shape index (κ2) is 6.06. The molecule has 104 valence electrons. The average Bonchev–Trinajstić information content (AvgIpc) is 2.44. The van der Waals surface area contributed by atoms with Gasteiger partial charge in [0.1, 0.15) is 6.04 Å². The summed E-state index contributed by atoms with van der Waals surface area (Å²) in [5.74, 6) is -0.224. The van der Waals surface area contributed by atoms with Crippen LogP contribution >= 0.6 is 0 Å². The smallest absolute Gasteiger partial charge is 0.322 e. The summed E-state index contributed by atoms with van der Waals surface area (Å²) in [6, 6.07) is 6.26. The summed E-state index contributed by atoms with van der Waals surface area (Å²) in [5, 5.41) is 3.18. The molecule has 0 unspecified atom stereocenters. The fourth-order valence-electron chi connectivity index (χ4n) is 2.48. The number of rotatable bonds is 4. The van der Waals surface area contributed by atoms with Crippen LogP contribution in [0.3, 0.4) is 0 Å². The van der Waals surface area contributed by atoms with Crippen molar-refractivity contribution in [2.45, 2.75) is 32.4 Å². The molecule has 0 fully saturated rings. The molecule has 19 heavy (non-hydrogen) atoms. The summed E-state index contributed by atoms with van der Waals surface area (Å²) in [4.78, 5) is 13.6. The van der Waals surface area contributed by atoms with Gasteiger partial charge in [-0.15, -0.1) is 0 Å². The van der Waals surface area contributed by atoms with Gasteiger partial charge >= 0.3 is 5.97 Å². The topological polar surface area (TPSA) is 41.6 Å². The molecule has 1 atom stereocenters. The van der Waals surface area contributed by atoms with E-state index in [-0.39, 0.29) is 12.0 Å². The molecule has 4 heteroatoms. The van der Waals surface area contributed by atoms with Crippen LogP contribution in [0.4, 0.5) is 5.69 Å². The van der Waals surface area contributed by atoms with Gasteiger partial charge in [0, 0.05) is 25.8 Å². The van der Waals surface area contributed by atoms with Crippen molar-refractivity contribution >= 4 is 11.7 Å². The SMILES string of the molecule is COC(=O)[C@H](C)NCc1ccc2c(c1)CCCN2C. The van der Waals surface area contributed by atoms with Crippen molar-refractivity contribution in [3.8, 4) is 0 Å². The molecule has 2 rings (SSSR count). The predicted octanol–water partition coefficient (Wildman–Crippen LogP) is 1.72. The maximum Gasteiger partial charge on any atom is 0.322 e. The largest absolute Gasteiger partial charge is 0.468 e. The van der Waals surface area contributed by atoms with Crippen molar-refractivity contribution in [2.75, 3.05) is 25.6 Å². The molecule has 0 aromatic heterocycles. The lowest BCUT2D eigenvalue weighted by Crippen LogP contribution is -2.34. The molecular formula is C15H22N2O2. The molecule has 0 aliphatic carbocycles. The standard InChI is InChI=1S/C15H22N2O2/c1-11(15(18)19-3)16-10-12-6-7-14-13(9-12)5-4-8-17(14)2/h6-7,9,11,16H,4-5,8,10H2,1-3H3/t11-/m0/s1. The minimum absolute atomic E-state index is 0.224. The van der Waals surface area contributed by atoms with E-state index < -0.39 is 0 Å². The van der Waals surface area contributed by atoms with E-state index in [0.717, 1.165) is 13.0 Å². The van der Waals surface area contributed by atoms with E-state index >= 15 is 0 Å². The first-order valence-corrected chi connectivity index (χ1v) is 6.76. The lowest BCUT2D eigenvalue weighted by molar-refractivity contribution is -0.142. The number of hydrogen-bond donors (Lipinski definition) is 1. The molecule has 1 aliphatic rings. The number of anilines is 1. The van der Waals surface area contributed by atoms with Crippen LogP contribution in [0.1, 0.15) is 24.5 Å². The maximum atomic E-state index is 11.3. The molecule has 1 heterocycles. The third-order valence-electron chi connectivity index (χ3n) is 3.66. The zero-order valence-corrected chi connectivity index (χ0v) is 11.9. The van der Waals surface area contributed by atoms with E-state index in [1.807, 2.05) is 6.92 Å². The van der Waals surface area contributed by atoms with Crippen molar-refractivity contribution in [1.29, 1.82) is 0 Å². The Kier molecular flexibility index (Phi) is 4.43. The van der Waals surface area contributed by atoms with Crippen molar-refractivity contribution < 1.29 is 9.53 Å². The van der Waals surface area contributed by atoms with E-state index in [2.05, 4.69) is 35.5 Å². The lowest BCUT2D eigenvalue weighted by Gasteiger charge is -2.28. The van der Waals surface area contributed by atoms with E-state index in [1.165, 1.54) is 30.3 Å². The molecule has 1 N–H and O–H groups in total. The van der Waals surface area contributed by atoms with Crippen molar-refractivity contribution in [3.05, 3.63) is 29.3 Å². The van der Waals surface area contributed by atoms with Gasteiger partial charge in [-0.2, -0.15) is 0 Å². The predicted molar refractivity (Wildman–Crippen MR) is 76.4 cm³/mol. The number of carbonyl (C=O) groups is 1. The fraction of sp³-hybridized carbons (Fsp3) is 0.533. The highest BCUT2D eigenvalue weighted by molar-refractivity contribution is 5.75. The first kappa shape index (κ1) is 13.9. The normalized spacial score (nSPS) is 15.8. The van der Waals surface area contributed by atoms with E-state index in [4.69, 9.17) is 4.74 Å². The molecule has 0 spiro atoms. The highest BCUT2D eigenvalue weighted by Crippen LogP contribution is 2.26. The Bertz CT molecular complexity index is 459. The summed E-state index contributed by atoms with van der Waals surface area (Å²) in [7, 11) is 3.55. The third-order valence-corrected chi connectivity index (χ3v) is 3.66. The van der Waals surface area contributed by atoms with E-state index in [0.29, 0.717) is 6.54 Å². The zero-order chi connectivity index (χ0) is 13.8. The van der Waals surface area contributed by atoms with Gasteiger partial charge in [-0.05, 0) is 37.0 Å². The summed E-state index contributed by atoms with van der Waals surface area (Å²) in [6.07, 6.45) is 2.35. The number of aryl methyl sites for hydroxylation is 1. The number of benzene rings is 1. The minimum Gasteiger partial charge on any atom is -0.468 e. The lowest BCUT2D eigenvalue weighted by atomic mass is 9.99. The fourth-order valence-corrected chi connectivity index (χ4v) is 2.48. The third kappa shape index (κ3) is 3.26. The number of nitrogens with zero attached hydrogens (tertiary/aromatic N) is 1. The Hall–Kier alpha value is -1.55. The highest BCUT2D eigenvalue weighted by atomic mass is 16.5. The first-order valence-electron chi connectivity index (χ1n) is 6.76. The van der Waals surface area contributed by atoms with Gasteiger partial charge in [-0.3, -0.25) is 4.79 Å². The van der Waals surface area contributed by atoms with Gasteiger partial charge in [0.25, 0.3) is 0 Å². The molecule has 0 saturated carbocycles. The zero-order valence-electron chi connectivity index (χ0n) is 11.9. The monoisotopic (exact) mass is 262 g/mol. The number of methoxy groups -OCH3 is 1. The Morgan fingerprint density at radius 2 is 2.32 bits per heavy atom. The van der Waals surface area contributed by atoms with Crippen LogP contribution in [0, 0.1) is 0 Å². The maximum absolute atomic E-state index is 11.3. The van der Waals surface area contributed by atoms with Crippen LogP contribution in [-0.4, -0.2) is 32.7 Å². The Labute approximate surface area is 114 Å². The summed E-state index contributed by atoms with van der Waals surface area (Å²) in [5.41, 5.74) is 3.94. The minimum atomic E-state index is -0.274. The van der Waals surface area contributed by atoms with Gasteiger partial charge in [0.05, 0.1) is 7.11 Å². The summed E-state index contributed by atoms with van der Waals surface area (Å²) in [6.45, 7) is 3.63. The molecule has 4 nitrogen and oxygen atoms in total. The number of esters is 1. The van der Waals surface area contributed by atoms with Gasteiger partial charge in [-0.1, -0.05) is 12.1 Å². The van der Waals surface area contributed by atoms with E-state index in [1.54, 1.807) is 0 Å². The highest BCUT2D eigenvalue weighted by Gasteiger charge is 2.15. The second-order valence-electron chi connectivity index (χ2n) is 5.11. The molecule has 1 aliphatic heterocycles. The Balaban J connectivity index is 2.00. The van der Waals surface area contributed by atoms with Gasteiger partial charge in [-0.25, -0.2) is 0 Å². The molecule has 1 aromatic rings. The first-order chi connectivity index (χ1) is 9.11. The van der Waals surface area contributed by atoms with Crippen LogP contribution in [0.15, 0.2) is 18.2 Å². The summed E-state index contributed by atoms with van der Waals surface area (Å²) >= 11 is 0. The van der Waals surface area contributed by atoms with Gasteiger partial charge in [0.15, 0.2) is 0 Å². The van der Waals surface area contributed by atoms with Gasteiger partial charge in [0.2, 0.25) is 0 Å². The average molecular weight is 262 g/mol. The Morgan fingerprint density at radius 3 is 3.05 bits per heavy atom. The van der Waals surface area contributed by atoms with Crippen molar-refractivity contribution in [3.63, 3.8) is 0 Å². The number of fused-ring (bicyclic) bond motifs is 1. The summed E-state index contributed by atoms with van der Waals surface area (Å²) < 4.78 is 4.70. The van der Waals surface area contributed by atoms with Crippen LogP contribution in [0.2, 0.25) is 0 Å². The van der Waals surface area contributed by atoms with Crippen molar-refractivity contribution in [1.82, 2.24) is 5.32 Å². The number of carbonyl (C=O) groups excluding carboxylic acids is 1. The number of ether oxygens (including phenoxy) is 1. The molecule has 0 saturated heterocycles. The van der Waals surface area contributed by atoms with Crippen LogP contribution in [0.25, 0.3) is 0 Å². The van der Waals surface area contributed by atoms with Crippen LogP contribution in [-0.2, 0) is 22.5 Å². The van der Waals surface area contributed by atoms with Crippen LogP contribution < -0.4 is 10.2 Å². The quantitative estimate of drug-likeness (QED) is 0.839. The molecule has 0 amide bonds.